The lowest BCUT2D eigenvalue weighted by atomic mass is 9.95. The number of carbonyl (C=O) groups excluding carboxylic acids is 1. The lowest BCUT2D eigenvalue weighted by Crippen LogP contribution is -2.31. The average Bonchev–Trinajstić information content (AvgIpc) is 2.78. The molecule has 150 valence electrons. The van der Waals surface area contributed by atoms with E-state index in [2.05, 4.69) is 0 Å². The molecule has 6 heteroatoms. The summed E-state index contributed by atoms with van der Waals surface area (Å²) in [7, 11) is 1.78. The van der Waals surface area contributed by atoms with E-state index in [0.29, 0.717) is 16.1 Å². The summed E-state index contributed by atoms with van der Waals surface area (Å²) in [6.07, 6.45) is 5.46. The van der Waals surface area contributed by atoms with Gasteiger partial charge in [0.1, 0.15) is 0 Å². The van der Waals surface area contributed by atoms with Crippen LogP contribution in [0.3, 0.4) is 0 Å². The smallest absolute Gasteiger partial charge is 0.262 e. The highest BCUT2D eigenvalue weighted by Gasteiger charge is 2.23. The second kappa shape index (κ2) is 8.82. The minimum atomic E-state index is -0.0150. The number of carbonyl (C=O) groups is 1. The van der Waals surface area contributed by atoms with E-state index in [-0.39, 0.29) is 23.3 Å². The van der Waals surface area contributed by atoms with Gasteiger partial charge >= 0.3 is 0 Å². The van der Waals surface area contributed by atoms with E-state index >= 15 is 0 Å². The molecule has 1 heterocycles. The number of fused-ring (bicyclic) bond motifs is 1. The summed E-state index contributed by atoms with van der Waals surface area (Å²) in [5.41, 5.74) is 1.55. The van der Waals surface area contributed by atoms with Crippen LogP contribution in [0.4, 0.5) is 5.69 Å². The standard InChI is InChI=1S/C23H25N3O2S/c1-25(17-10-4-2-5-11-17)21(27)16-29-23-24-20-15-9-8-14-19(20)22(28)26(23)18-12-6-3-7-13-18/h2,4-5,8-11,14-15,18H,3,6-7,12-13,16H2,1H3. The number of thioether (sulfide) groups is 1. The number of aromatic nitrogens is 2. The number of anilines is 1. The Morgan fingerprint density at radius 3 is 2.52 bits per heavy atom. The van der Waals surface area contributed by atoms with Crippen molar-refractivity contribution in [3.05, 3.63) is 65.0 Å². The normalized spacial score (nSPS) is 14.8. The van der Waals surface area contributed by atoms with Crippen molar-refractivity contribution in [2.75, 3.05) is 17.7 Å². The fraction of sp³-hybridized carbons (Fsp3) is 0.348. The van der Waals surface area contributed by atoms with E-state index in [9.17, 15) is 9.59 Å². The molecule has 0 aliphatic heterocycles. The van der Waals surface area contributed by atoms with Gasteiger partial charge in [0.15, 0.2) is 5.16 Å². The Bertz CT molecular complexity index is 1060. The van der Waals surface area contributed by atoms with Crippen LogP contribution in [0.5, 0.6) is 0 Å². The van der Waals surface area contributed by atoms with Crippen molar-refractivity contribution in [2.45, 2.75) is 43.3 Å². The first-order valence-electron chi connectivity index (χ1n) is 10.1. The largest absolute Gasteiger partial charge is 0.315 e. The Morgan fingerprint density at radius 1 is 1.07 bits per heavy atom. The summed E-state index contributed by atoms with van der Waals surface area (Å²) in [6.45, 7) is 0. The molecule has 1 saturated carbocycles. The number of amides is 1. The minimum absolute atomic E-state index is 0.00821. The second-order valence-electron chi connectivity index (χ2n) is 7.46. The molecule has 0 saturated heterocycles. The summed E-state index contributed by atoms with van der Waals surface area (Å²) in [5.74, 6) is 0.224. The van der Waals surface area contributed by atoms with Crippen LogP contribution in [0.15, 0.2) is 64.5 Å². The van der Waals surface area contributed by atoms with E-state index in [1.165, 1.54) is 18.2 Å². The number of para-hydroxylation sites is 2. The third kappa shape index (κ3) is 4.22. The minimum Gasteiger partial charge on any atom is -0.315 e. The molecule has 2 aromatic carbocycles. The fourth-order valence-electron chi connectivity index (χ4n) is 3.91. The highest BCUT2D eigenvalue weighted by Crippen LogP contribution is 2.31. The van der Waals surface area contributed by atoms with Crippen molar-refractivity contribution in [2.24, 2.45) is 0 Å². The van der Waals surface area contributed by atoms with Crippen LogP contribution in [0, 0.1) is 0 Å². The van der Waals surface area contributed by atoms with Gasteiger partial charge in [0.05, 0.1) is 16.7 Å². The summed E-state index contributed by atoms with van der Waals surface area (Å²) in [4.78, 5) is 32.4. The highest BCUT2D eigenvalue weighted by atomic mass is 32.2. The molecule has 0 N–H and O–H groups in total. The number of hydrogen-bond donors (Lipinski definition) is 0. The van der Waals surface area contributed by atoms with Gasteiger partial charge in [-0.25, -0.2) is 4.98 Å². The molecule has 1 aliphatic carbocycles. The van der Waals surface area contributed by atoms with Gasteiger partial charge in [-0.05, 0) is 37.1 Å². The van der Waals surface area contributed by atoms with E-state index in [1.807, 2.05) is 59.2 Å². The van der Waals surface area contributed by atoms with Gasteiger partial charge in [-0.15, -0.1) is 0 Å². The Balaban J connectivity index is 1.63. The zero-order valence-corrected chi connectivity index (χ0v) is 17.4. The average molecular weight is 408 g/mol. The molecule has 0 unspecified atom stereocenters. The second-order valence-corrected chi connectivity index (χ2v) is 8.40. The maximum absolute atomic E-state index is 13.3. The lowest BCUT2D eigenvalue weighted by molar-refractivity contribution is -0.115. The summed E-state index contributed by atoms with van der Waals surface area (Å²) < 4.78 is 1.85. The van der Waals surface area contributed by atoms with Gasteiger partial charge in [0.25, 0.3) is 5.56 Å². The third-order valence-electron chi connectivity index (χ3n) is 5.56. The molecular weight excluding hydrogens is 382 g/mol. The van der Waals surface area contributed by atoms with Gasteiger partial charge in [-0.3, -0.25) is 14.2 Å². The molecular formula is C23H25N3O2S. The SMILES string of the molecule is CN(C(=O)CSc1nc2ccccc2c(=O)n1C1CCCCC1)c1ccccc1. The Kier molecular flexibility index (Phi) is 6.00. The molecule has 0 bridgehead atoms. The number of hydrogen-bond acceptors (Lipinski definition) is 4. The first kappa shape index (κ1) is 19.7. The molecule has 1 aliphatic rings. The monoisotopic (exact) mass is 407 g/mol. The van der Waals surface area contributed by atoms with E-state index in [0.717, 1.165) is 31.4 Å². The quantitative estimate of drug-likeness (QED) is 0.456. The van der Waals surface area contributed by atoms with Crippen LogP contribution in [0.2, 0.25) is 0 Å². The van der Waals surface area contributed by atoms with E-state index in [1.54, 1.807) is 11.9 Å². The summed E-state index contributed by atoms with van der Waals surface area (Å²) >= 11 is 1.36. The van der Waals surface area contributed by atoms with Crippen LogP contribution in [-0.4, -0.2) is 28.3 Å². The Morgan fingerprint density at radius 2 is 1.76 bits per heavy atom. The first-order chi connectivity index (χ1) is 14.1. The molecule has 3 aromatic rings. The molecule has 1 fully saturated rings. The predicted molar refractivity (Wildman–Crippen MR) is 119 cm³/mol. The third-order valence-corrected chi connectivity index (χ3v) is 6.50. The molecule has 5 nitrogen and oxygen atoms in total. The molecule has 0 radical (unpaired) electrons. The predicted octanol–water partition coefficient (Wildman–Crippen LogP) is 4.66. The first-order valence-corrected chi connectivity index (χ1v) is 11.1. The molecule has 0 atom stereocenters. The van der Waals surface area contributed by atoms with Crippen LogP contribution in [0.1, 0.15) is 38.1 Å². The highest BCUT2D eigenvalue weighted by molar-refractivity contribution is 7.99. The molecule has 0 spiro atoms. The molecule has 1 amide bonds. The molecule has 29 heavy (non-hydrogen) atoms. The lowest BCUT2D eigenvalue weighted by Gasteiger charge is -2.26. The number of rotatable bonds is 5. The Hall–Kier alpha value is -2.60. The van der Waals surface area contributed by atoms with Crippen LogP contribution in [0.25, 0.3) is 10.9 Å². The fourth-order valence-corrected chi connectivity index (χ4v) is 4.89. The number of nitrogens with zero attached hydrogens (tertiary/aromatic N) is 3. The van der Waals surface area contributed by atoms with Crippen LogP contribution >= 0.6 is 11.8 Å². The maximum atomic E-state index is 13.3. The van der Waals surface area contributed by atoms with Crippen molar-refractivity contribution in [3.63, 3.8) is 0 Å². The van der Waals surface area contributed by atoms with Crippen molar-refractivity contribution >= 4 is 34.3 Å². The van der Waals surface area contributed by atoms with Gasteiger partial charge in [0, 0.05) is 18.8 Å². The van der Waals surface area contributed by atoms with E-state index < -0.39 is 0 Å². The molecule has 4 rings (SSSR count). The van der Waals surface area contributed by atoms with Crippen molar-refractivity contribution < 1.29 is 4.79 Å². The van der Waals surface area contributed by atoms with Gasteiger partial charge in [-0.1, -0.05) is 61.4 Å². The Labute approximate surface area is 174 Å². The van der Waals surface area contributed by atoms with Crippen molar-refractivity contribution in [3.8, 4) is 0 Å². The van der Waals surface area contributed by atoms with Gasteiger partial charge in [-0.2, -0.15) is 0 Å². The molecule has 1 aromatic heterocycles. The van der Waals surface area contributed by atoms with E-state index in [4.69, 9.17) is 4.98 Å². The van der Waals surface area contributed by atoms with Crippen LogP contribution < -0.4 is 10.5 Å². The summed E-state index contributed by atoms with van der Waals surface area (Å²) in [5, 5.41) is 1.30. The van der Waals surface area contributed by atoms with Gasteiger partial charge in [0.2, 0.25) is 5.91 Å². The number of benzene rings is 2. The van der Waals surface area contributed by atoms with Gasteiger partial charge < -0.3 is 4.90 Å². The zero-order valence-electron chi connectivity index (χ0n) is 16.6. The topological polar surface area (TPSA) is 55.2 Å². The maximum Gasteiger partial charge on any atom is 0.262 e. The zero-order chi connectivity index (χ0) is 20.2. The summed E-state index contributed by atoms with van der Waals surface area (Å²) in [6, 6.07) is 17.2. The van der Waals surface area contributed by atoms with Crippen molar-refractivity contribution in [1.82, 2.24) is 9.55 Å². The van der Waals surface area contributed by atoms with Crippen LogP contribution in [-0.2, 0) is 4.79 Å². The van der Waals surface area contributed by atoms with Crippen molar-refractivity contribution in [1.29, 1.82) is 0 Å².